The third kappa shape index (κ3) is 3.97. The lowest BCUT2D eigenvalue weighted by molar-refractivity contribution is -0.385. The lowest BCUT2D eigenvalue weighted by Gasteiger charge is -2.13. The molecule has 152 valence electrons. The van der Waals surface area contributed by atoms with E-state index in [1.807, 2.05) is 0 Å². The van der Waals surface area contributed by atoms with Crippen molar-refractivity contribution < 1.29 is 29.2 Å². The molecular weight excluding hydrogens is 400 g/mol. The van der Waals surface area contributed by atoms with Crippen LogP contribution in [0.5, 0.6) is 0 Å². The van der Waals surface area contributed by atoms with Crippen molar-refractivity contribution in [1.29, 1.82) is 0 Å². The second kappa shape index (κ2) is 8.39. The third-order valence-electron chi connectivity index (χ3n) is 4.56. The SMILES string of the molecule is CCOC(=O)c1c(NC(=O)c2c(C(=O)[O-])cccc2[N+](=O)[O-])sc2c1CCCC2. The van der Waals surface area contributed by atoms with E-state index in [2.05, 4.69) is 5.32 Å². The first kappa shape index (κ1) is 20.5. The number of thiophene rings is 1. The number of nitro benzene ring substituents is 1. The Morgan fingerprint density at radius 1 is 1.21 bits per heavy atom. The van der Waals surface area contributed by atoms with E-state index < -0.39 is 39.6 Å². The van der Waals surface area contributed by atoms with Crippen molar-refractivity contribution in [2.24, 2.45) is 0 Å². The zero-order valence-electron chi connectivity index (χ0n) is 15.5. The molecule has 0 radical (unpaired) electrons. The number of fused-ring (bicyclic) bond motifs is 1. The molecule has 1 aliphatic carbocycles. The molecule has 0 fully saturated rings. The Balaban J connectivity index is 2.07. The monoisotopic (exact) mass is 417 g/mol. The van der Waals surface area contributed by atoms with Gasteiger partial charge in [0.05, 0.1) is 23.1 Å². The second-order valence-corrected chi connectivity index (χ2v) is 7.44. The first-order valence-electron chi connectivity index (χ1n) is 8.96. The predicted octanol–water partition coefficient (Wildman–Crippen LogP) is 2.33. The molecule has 0 saturated heterocycles. The van der Waals surface area contributed by atoms with Crippen molar-refractivity contribution in [3.63, 3.8) is 0 Å². The zero-order chi connectivity index (χ0) is 21.1. The van der Waals surface area contributed by atoms with Crippen LogP contribution in [0.15, 0.2) is 18.2 Å². The van der Waals surface area contributed by atoms with E-state index in [0.29, 0.717) is 6.42 Å². The van der Waals surface area contributed by atoms with Crippen molar-refractivity contribution in [2.45, 2.75) is 32.6 Å². The number of nitrogens with one attached hydrogen (secondary N) is 1. The van der Waals surface area contributed by atoms with Gasteiger partial charge in [-0.05, 0) is 38.2 Å². The summed E-state index contributed by atoms with van der Waals surface area (Å²) in [5.74, 6) is -3.31. The zero-order valence-corrected chi connectivity index (χ0v) is 16.3. The van der Waals surface area contributed by atoms with Gasteiger partial charge < -0.3 is 20.0 Å². The van der Waals surface area contributed by atoms with E-state index in [1.54, 1.807) is 6.92 Å². The van der Waals surface area contributed by atoms with Crippen molar-refractivity contribution in [3.05, 3.63) is 55.4 Å². The quantitative estimate of drug-likeness (QED) is 0.432. The van der Waals surface area contributed by atoms with Crippen LogP contribution in [0.2, 0.25) is 0 Å². The number of hydrogen-bond acceptors (Lipinski definition) is 8. The minimum atomic E-state index is -1.71. The molecular formula is C19H17N2O7S-. The Kier molecular flexibility index (Phi) is 5.92. The number of benzene rings is 1. The number of nitrogens with zero attached hydrogens (tertiary/aromatic N) is 1. The van der Waals surface area contributed by atoms with Gasteiger partial charge in [-0.3, -0.25) is 14.9 Å². The smallest absolute Gasteiger partial charge is 0.341 e. The molecule has 0 aliphatic heterocycles. The number of carboxylic acids is 1. The first-order chi connectivity index (χ1) is 13.8. The summed E-state index contributed by atoms with van der Waals surface area (Å²) in [6, 6.07) is 3.25. The second-order valence-electron chi connectivity index (χ2n) is 6.33. The van der Waals surface area contributed by atoms with E-state index in [0.717, 1.165) is 47.9 Å². The number of carbonyl (C=O) groups is 3. The van der Waals surface area contributed by atoms with Crippen LogP contribution in [0.3, 0.4) is 0 Å². The molecule has 0 bridgehead atoms. The summed E-state index contributed by atoms with van der Waals surface area (Å²) < 4.78 is 5.11. The van der Waals surface area contributed by atoms with Gasteiger partial charge in [0.15, 0.2) is 0 Å². The lowest BCUT2D eigenvalue weighted by atomic mass is 9.95. The molecule has 0 unspecified atom stereocenters. The predicted molar refractivity (Wildman–Crippen MR) is 102 cm³/mol. The van der Waals surface area contributed by atoms with E-state index in [9.17, 15) is 29.6 Å². The molecule has 29 heavy (non-hydrogen) atoms. The number of anilines is 1. The van der Waals surface area contributed by atoms with Gasteiger partial charge in [-0.2, -0.15) is 0 Å². The molecule has 1 heterocycles. The summed E-state index contributed by atoms with van der Waals surface area (Å²) in [6.07, 6.45) is 3.24. The first-order valence-corrected chi connectivity index (χ1v) is 9.78. The van der Waals surface area contributed by atoms with Gasteiger partial charge >= 0.3 is 5.97 Å². The molecule has 2 aromatic rings. The van der Waals surface area contributed by atoms with Gasteiger partial charge in [-0.1, -0.05) is 12.1 Å². The van der Waals surface area contributed by atoms with E-state index in [-0.39, 0.29) is 17.2 Å². The van der Waals surface area contributed by atoms with Gasteiger partial charge in [-0.15, -0.1) is 11.3 Å². The van der Waals surface area contributed by atoms with Gasteiger partial charge in [0.25, 0.3) is 11.6 Å². The van der Waals surface area contributed by atoms with E-state index in [1.165, 1.54) is 11.3 Å². The van der Waals surface area contributed by atoms with Crippen LogP contribution in [0, 0.1) is 10.1 Å². The normalized spacial score (nSPS) is 12.7. The maximum absolute atomic E-state index is 12.9. The van der Waals surface area contributed by atoms with Crippen molar-refractivity contribution in [2.75, 3.05) is 11.9 Å². The van der Waals surface area contributed by atoms with Crippen LogP contribution in [-0.2, 0) is 17.6 Å². The van der Waals surface area contributed by atoms with Gasteiger partial charge in [0, 0.05) is 16.5 Å². The molecule has 0 atom stereocenters. The number of nitro groups is 1. The fraction of sp³-hybridized carbons (Fsp3) is 0.316. The van der Waals surface area contributed by atoms with Gasteiger partial charge in [0.2, 0.25) is 0 Å². The van der Waals surface area contributed by atoms with Crippen LogP contribution >= 0.6 is 11.3 Å². The average molecular weight is 417 g/mol. The molecule has 10 heteroatoms. The molecule has 1 amide bonds. The number of aryl methyl sites for hydroxylation is 1. The summed E-state index contributed by atoms with van der Waals surface area (Å²) in [4.78, 5) is 48.1. The van der Waals surface area contributed by atoms with Crippen molar-refractivity contribution in [3.8, 4) is 0 Å². The number of hydrogen-bond donors (Lipinski definition) is 1. The molecule has 0 spiro atoms. The minimum Gasteiger partial charge on any atom is -0.545 e. The lowest BCUT2D eigenvalue weighted by Crippen LogP contribution is -2.27. The summed E-state index contributed by atoms with van der Waals surface area (Å²) in [6.45, 7) is 1.81. The molecule has 0 saturated carbocycles. The highest BCUT2D eigenvalue weighted by Gasteiger charge is 2.30. The highest BCUT2D eigenvalue weighted by Crippen LogP contribution is 2.39. The molecule has 1 aliphatic rings. The number of rotatable bonds is 6. The third-order valence-corrected chi connectivity index (χ3v) is 5.77. The molecule has 9 nitrogen and oxygen atoms in total. The Bertz CT molecular complexity index is 980. The average Bonchev–Trinajstić information content (AvgIpc) is 3.05. The number of esters is 1. The summed E-state index contributed by atoms with van der Waals surface area (Å²) >= 11 is 1.20. The van der Waals surface area contributed by atoms with Crippen molar-refractivity contribution in [1.82, 2.24) is 0 Å². The number of aromatic carboxylic acids is 1. The summed E-state index contributed by atoms with van der Waals surface area (Å²) in [7, 11) is 0. The standard InChI is InChI=1S/C19H18N2O7S/c1-2-28-19(25)15-10-6-3-4-9-13(10)29-17(15)20-16(22)14-11(18(23)24)7-5-8-12(14)21(26)27/h5,7-8H,2-4,6,9H2,1H3,(H,20,22)(H,23,24)/p-1. The Morgan fingerprint density at radius 2 is 1.93 bits per heavy atom. The number of ether oxygens (including phenoxy) is 1. The van der Waals surface area contributed by atoms with Crippen LogP contribution in [0.25, 0.3) is 0 Å². The Hall–Kier alpha value is -3.27. The highest BCUT2D eigenvalue weighted by molar-refractivity contribution is 7.17. The van der Waals surface area contributed by atoms with Crippen molar-refractivity contribution >= 4 is 39.9 Å². The maximum Gasteiger partial charge on any atom is 0.341 e. The van der Waals surface area contributed by atoms with E-state index >= 15 is 0 Å². The number of amides is 1. The Morgan fingerprint density at radius 3 is 2.59 bits per heavy atom. The molecule has 1 aromatic heterocycles. The van der Waals surface area contributed by atoms with Gasteiger partial charge in [-0.25, -0.2) is 4.79 Å². The molecule has 1 aromatic carbocycles. The molecule has 3 rings (SSSR count). The summed E-state index contributed by atoms with van der Waals surface area (Å²) in [5.41, 5.74) is -0.858. The van der Waals surface area contributed by atoms with Gasteiger partial charge in [0.1, 0.15) is 10.6 Å². The summed E-state index contributed by atoms with van der Waals surface area (Å²) in [5, 5.41) is 25.4. The molecule has 1 N–H and O–H groups in total. The fourth-order valence-electron chi connectivity index (χ4n) is 3.34. The van der Waals surface area contributed by atoms with Crippen LogP contribution in [-0.4, -0.2) is 29.4 Å². The topological polar surface area (TPSA) is 139 Å². The largest absolute Gasteiger partial charge is 0.545 e. The van der Waals surface area contributed by atoms with Crippen LogP contribution < -0.4 is 10.4 Å². The fourth-order valence-corrected chi connectivity index (χ4v) is 4.61. The highest BCUT2D eigenvalue weighted by atomic mass is 32.1. The number of carbonyl (C=O) groups excluding carboxylic acids is 3. The van der Waals surface area contributed by atoms with Crippen LogP contribution in [0.4, 0.5) is 10.7 Å². The van der Waals surface area contributed by atoms with E-state index in [4.69, 9.17) is 4.74 Å². The minimum absolute atomic E-state index is 0.149. The van der Waals surface area contributed by atoms with Crippen LogP contribution in [0.1, 0.15) is 61.3 Å². The Labute approximate surface area is 169 Å². The maximum atomic E-state index is 12.9. The number of carboxylic acid groups (broad SMARTS) is 1.